The molecule has 3 rings (SSSR count). The van der Waals surface area contributed by atoms with Crippen molar-refractivity contribution in [3.8, 4) is 0 Å². The van der Waals surface area contributed by atoms with Gasteiger partial charge in [-0.15, -0.1) is 0 Å². The smallest absolute Gasteiger partial charge is 0.154 e. The number of aliphatic hydroxyl groups excluding tert-OH is 1. The third-order valence-electron chi connectivity index (χ3n) is 3.72. The lowest BCUT2D eigenvalue weighted by Gasteiger charge is -2.32. The molecule has 0 aromatic carbocycles. The van der Waals surface area contributed by atoms with Gasteiger partial charge in [0, 0.05) is 37.6 Å². The average Bonchev–Trinajstić information content (AvgIpc) is 2.51. The number of hydrogen-bond acceptors (Lipinski definition) is 6. The maximum atomic E-state index is 9.53. The van der Waals surface area contributed by atoms with Crippen molar-refractivity contribution < 1.29 is 9.94 Å². The molecule has 0 spiro atoms. The second-order valence-corrected chi connectivity index (χ2v) is 5.32. The first-order chi connectivity index (χ1) is 9.81. The van der Waals surface area contributed by atoms with E-state index in [2.05, 4.69) is 15.4 Å². The zero-order valence-electron chi connectivity index (χ0n) is 11.4. The summed E-state index contributed by atoms with van der Waals surface area (Å²) in [5.41, 5.74) is 3.80. The number of likely N-dealkylation sites (tertiary alicyclic amines) is 1. The van der Waals surface area contributed by atoms with Gasteiger partial charge >= 0.3 is 0 Å². The lowest BCUT2D eigenvalue weighted by Crippen LogP contribution is -2.44. The van der Waals surface area contributed by atoms with Crippen LogP contribution in [-0.4, -0.2) is 59.2 Å². The van der Waals surface area contributed by atoms with Crippen molar-refractivity contribution in [2.24, 2.45) is 4.99 Å². The van der Waals surface area contributed by atoms with E-state index in [9.17, 15) is 5.11 Å². The summed E-state index contributed by atoms with van der Waals surface area (Å²) in [5.74, 6) is 0.742. The first kappa shape index (κ1) is 13.5. The maximum absolute atomic E-state index is 9.53. The summed E-state index contributed by atoms with van der Waals surface area (Å²) in [7, 11) is 0. The Kier molecular flexibility index (Phi) is 4.25. The Balaban J connectivity index is 1.62. The second kappa shape index (κ2) is 6.30. The van der Waals surface area contributed by atoms with E-state index in [4.69, 9.17) is 9.83 Å². The van der Waals surface area contributed by atoms with Gasteiger partial charge in [-0.1, -0.05) is 0 Å². The molecule has 2 N–H and O–H groups in total. The third-order valence-corrected chi connectivity index (χ3v) is 3.72. The fourth-order valence-electron chi connectivity index (χ4n) is 2.58. The molecule has 1 fully saturated rings. The van der Waals surface area contributed by atoms with Gasteiger partial charge in [-0.25, -0.2) is 5.48 Å². The van der Waals surface area contributed by atoms with Gasteiger partial charge in [0.25, 0.3) is 0 Å². The number of pyridine rings is 1. The minimum Gasteiger partial charge on any atom is -0.393 e. The molecule has 2 aliphatic heterocycles. The highest BCUT2D eigenvalue weighted by Crippen LogP contribution is 2.13. The van der Waals surface area contributed by atoms with Crippen LogP contribution in [0, 0.1) is 0 Å². The van der Waals surface area contributed by atoms with Crippen LogP contribution < -0.4 is 5.48 Å². The Morgan fingerprint density at radius 1 is 1.40 bits per heavy atom. The van der Waals surface area contributed by atoms with E-state index >= 15 is 0 Å². The number of hydrogen-bond donors (Lipinski definition) is 2. The normalized spacial score (nSPS) is 25.1. The number of nitrogens with one attached hydrogen (secondary N) is 1. The number of hydroxylamine groups is 1. The van der Waals surface area contributed by atoms with Crippen LogP contribution in [0.25, 0.3) is 0 Å². The van der Waals surface area contributed by atoms with Crippen LogP contribution in [0.2, 0.25) is 0 Å². The summed E-state index contributed by atoms with van der Waals surface area (Å²) in [6, 6.07) is 3.97. The van der Waals surface area contributed by atoms with Gasteiger partial charge < -0.3 is 10.0 Å². The molecule has 1 atom stereocenters. The largest absolute Gasteiger partial charge is 0.393 e. The fraction of sp³-hybridized carbons (Fsp3) is 0.571. The average molecular weight is 276 g/mol. The van der Waals surface area contributed by atoms with Crippen LogP contribution in [0.15, 0.2) is 29.5 Å². The van der Waals surface area contributed by atoms with E-state index in [0.29, 0.717) is 6.61 Å². The summed E-state index contributed by atoms with van der Waals surface area (Å²) < 4.78 is 0. The van der Waals surface area contributed by atoms with Crippen LogP contribution in [-0.2, 0) is 4.84 Å². The SMILES string of the molecule is OC1CCN(CC2CONC(c3cccnc3)=N2)CC1. The Morgan fingerprint density at radius 2 is 2.25 bits per heavy atom. The topological polar surface area (TPSA) is 70.0 Å². The molecule has 108 valence electrons. The number of aliphatic hydroxyl groups is 1. The molecule has 1 aromatic rings. The Bertz CT molecular complexity index is 458. The number of amidine groups is 1. The number of aliphatic imine (C=N–C) groups is 1. The van der Waals surface area contributed by atoms with Gasteiger partial charge in [0.05, 0.1) is 18.8 Å². The molecule has 2 aliphatic rings. The van der Waals surface area contributed by atoms with Crippen LogP contribution in [0.4, 0.5) is 0 Å². The monoisotopic (exact) mass is 276 g/mol. The van der Waals surface area contributed by atoms with Gasteiger partial charge in [0.1, 0.15) is 0 Å². The van der Waals surface area contributed by atoms with Gasteiger partial charge in [0.2, 0.25) is 0 Å². The second-order valence-electron chi connectivity index (χ2n) is 5.32. The third kappa shape index (κ3) is 3.33. The maximum Gasteiger partial charge on any atom is 0.154 e. The molecule has 1 unspecified atom stereocenters. The zero-order chi connectivity index (χ0) is 13.8. The molecule has 1 saturated heterocycles. The number of rotatable bonds is 3. The number of nitrogens with zero attached hydrogens (tertiary/aromatic N) is 3. The molecule has 6 heteroatoms. The van der Waals surface area contributed by atoms with E-state index < -0.39 is 0 Å². The van der Waals surface area contributed by atoms with E-state index in [-0.39, 0.29) is 12.1 Å². The van der Waals surface area contributed by atoms with Gasteiger partial charge in [0.15, 0.2) is 5.84 Å². The molecule has 3 heterocycles. The van der Waals surface area contributed by atoms with Crippen LogP contribution in [0.3, 0.4) is 0 Å². The van der Waals surface area contributed by atoms with Crippen LogP contribution >= 0.6 is 0 Å². The molecule has 0 amide bonds. The Hall–Kier alpha value is -1.50. The van der Waals surface area contributed by atoms with Crippen molar-refractivity contribution >= 4 is 5.84 Å². The highest BCUT2D eigenvalue weighted by atomic mass is 16.6. The van der Waals surface area contributed by atoms with Crippen molar-refractivity contribution in [2.75, 3.05) is 26.2 Å². The van der Waals surface area contributed by atoms with Crippen LogP contribution in [0.1, 0.15) is 18.4 Å². The van der Waals surface area contributed by atoms with E-state index in [1.165, 1.54) is 0 Å². The molecule has 0 radical (unpaired) electrons. The standard InChI is InChI=1S/C14H20N4O2/c19-13-3-6-18(7-4-13)9-12-10-20-17-14(16-12)11-2-1-5-15-8-11/h1-2,5,8,12-13,19H,3-4,6-7,9-10H2,(H,16,17). The highest BCUT2D eigenvalue weighted by Gasteiger charge is 2.23. The molecule has 0 saturated carbocycles. The van der Waals surface area contributed by atoms with Crippen molar-refractivity contribution in [3.05, 3.63) is 30.1 Å². The van der Waals surface area contributed by atoms with Crippen molar-refractivity contribution in [2.45, 2.75) is 25.0 Å². The van der Waals surface area contributed by atoms with Gasteiger partial charge in [-0.2, -0.15) is 0 Å². The minimum absolute atomic E-state index is 0.127. The predicted molar refractivity (Wildman–Crippen MR) is 75.3 cm³/mol. The van der Waals surface area contributed by atoms with Gasteiger partial charge in [-0.05, 0) is 25.0 Å². The first-order valence-corrected chi connectivity index (χ1v) is 7.07. The van der Waals surface area contributed by atoms with E-state index in [1.54, 1.807) is 12.4 Å². The van der Waals surface area contributed by atoms with E-state index in [0.717, 1.165) is 43.9 Å². The quantitative estimate of drug-likeness (QED) is 0.824. The number of aromatic nitrogens is 1. The minimum atomic E-state index is -0.134. The van der Waals surface area contributed by atoms with Gasteiger partial charge in [-0.3, -0.25) is 14.8 Å². The summed E-state index contributed by atoms with van der Waals surface area (Å²) in [5, 5.41) is 9.53. The van der Waals surface area contributed by atoms with Crippen molar-refractivity contribution in [1.82, 2.24) is 15.4 Å². The predicted octanol–water partition coefficient (Wildman–Crippen LogP) is 0.188. The van der Waals surface area contributed by atoms with Crippen LogP contribution in [0.5, 0.6) is 0 Å². The number of piperidine rings is 1. The molecule has 1 aromatic heterocycles. The van der Waals surface area contributed by atoms with Crippen molar-refractivity contribution in [1.29, 1.82) is 0 Å². The van der Waals surface area contributed by atoms with Crippen molar-refractivity contribution in [3.63, 3.8) is 0 Å². The lowest BCUT2D eigenvalue weighted by molar-refractivity contribution is 0.0398. The summed E-state index contributed by atoms with van der Waals surface area (Å²) in [6.45, 7) is 3.31. The highest BCUT2D eigenvalue weighted by molar-refractivity contribution is 5.98. The first-order valence-electron chi connectivity index (χ1n) is 7.07. The summed E-state index contributed by atoms with van der Waals surface area (Å²) in [4.78, 5) is 16.6. The molecule has 20 heavy (non-hydrogen) atoms. The molecular formula is C14H20N4O2. The lowest BCUT2D eigenvalue weighted by atomic mass is 10.1. The molecule has 6 nitrogen and oxygen atoms in total. The molecule has 0 aliphatic carbocycles. The zero-order valence-corrected chi connectivity index (χ0v) is 11.4. The van der Waals surface area contributed by atoms with E-state index in [1.807, 2.05) is 12.1 Å². The Morgan fingerprint density at radius 3 is 3.00 bits per heavy atom. The Labute approximate surface area is 118 Å². The fourth-order valence-corrected chi connectivity index (χ4v) is 2.58. The summed E-state index contributed by atoms with van der Waals surface area (Å²) >= 11 is 0. The summed E-state index contributed by atoms with van der Waals surface area (Å²) in [6.07, 6.45) is 5.08. The molecule has 0 bridgehead atoms. The molecular weight excluding hydrogens is 256 g/mol.